The van der Waals surface area contributed by atoms with Gasteiger partial charge in [0.1, 0.15) is 0 Å². The monoisotopic (exact) mass is 360 g/mol. The van der Waals surface area contributed by atoms with Crippen LogP contribution in [0.15, 0.2) is 34.7 Å². The van der Waals surface area contributed by atoms with Crippen LogP contribution in [0.2, 0.25) is 0 Å². The molecule has 24 heavy (non-hydrogen) atoms. The molecule has 5 nitrogen and oxygen atoms in total. The number of hydrogen-bond acceptors (Lipinski definition) is 6. The van der Waals surface area contributed by atoms with Crippen LogP contribution in [-0.2, 0) is 10.5 Å². The van der Waals surface area contributed by atoms with Crippen molar-refractivity contribution in [2.75, 3.05) is 5.32 Å². The number of amides is 1. The van der Waals surface area contributed by atoms with Gasteiger partial charge in [0, 0.05) is 11.8 Å². The summed E-state index contributed by atoms with van der Waals surface area (Å²) in [4.78, 5) is 12.5. The number of hydrogen-bond donors (Lipinski definition) is 2. The van der Waals surface area contributed by atoms with Crippen molar-refractivity contribution in [2.24, 2.45) is 23.5 Å². The van der Waals surface area contributed by atoms with Crippen molar-refractivity contribution in [1.82, 2.24) is 10.2 Å². The first-order valence-electron chi connectivity index (χ1n) is 8.27. The number of nitrogens with zero attached hydrogens (tertiary/aromatic N) is 2. The topological polar surface area (TPSA) is 80.9 Å². The summed E-state index contributed by atoms with van der Waals surface area (Å²) in [5.41, 5.74) is 7.48. The molecule has 126 valence electrons. The quantitative estimate of drug-likeness (QED) is 0.632. The zero-order valence-electron chi connectivity index (χ0n) is 13.2. The molecule has 0 saturated heterocycles. The van der Waals surface area contributed by atoms with E-state index in [0.29, 0.717) is 17.0 Å². The highest BCUT2D eigenvalue weighted by Gasteiger charge is 2.49. The number of benzene rings is 1. The third-order valence-electron chi connectivity index (χ3n) is 5.13. The number of fused-ring (bicyclic) bond motifs is 2. The number of nitrogens with one attached hydrogen (secondary N) is 1. The molecule has 2 aliphatic rings. The maximum atomic E-state index is 12.5. The fraction of sp³-hybridized carbons (Fsp3) is 0.471. The Morgan fingerprint density at radius 1 is 1.25 bits per heavy atom. The van der Waals surface area contributed by atoms with E-state index < -0.39 is 0 Å². The van der Waals surface area contributed by atoms with Crippen molar-refractivity contribution in [3.05, 3.63) is 35.9 Å². The fourth-order valence-corrected chi connectivity index (χ4v) is 5.66. The zero-order valence-corrected chi connectivity index (χ0v) is 14.9. The van der Waals surface area contributed by atoms with E-state index >= 15 is 0 Å². The normalized spacial score (nSPS) is 28.2. The summed E-state index contributed by atoms with van der Waals surface area (Å²) < 4.78 is 0.867. The molecule has 1 heterocycles. The first-order chi connectivity index (χ1) is 11.7. The lowest BCUT2D eigenvalue weighted by atomic mass is 9.84. The van der Waals surface area contributed by atoms with Gasteiger partial charge in [-0.15, -0.1) is 10.2 Å². The predicted octanol–water partition coefficient (Wildman–Crippen LogP) is 3.14. The van der Waals surface area contributed by atoms with Gasteiger partial charge in [0.15, 0.2) is 4.34 Å². The maximum absolute atomic E-state index is 12.5. The highest BCUT2D eigenvalue weighted by Crippen LogP contribution is 2.48. The summed E-state index contributed by atoms with van der Waals surface area (Å²) in [5, 5.41) is 11.8. The molecule has 0 aliphatic heterocycles. The second-order valence-electron chi connectivity index (χ2n) is 6.57. The van der Waals surface area contributed by atoms with Gasteiger partial charge < -0.3 is 11.1 Å². The highest BCUT2D eigenvalue weighted by molar-refractivity contribution is 8.00. The fourth-order valence-electron chi connectivity index (χ4n) is 3.95. The molecular formula is C17H20N4OS2. The average Bonchev–Trinajstić information content (AvgIpc) is 3.30. The van der Waals surface area contributed by atoms with Gasteiger partial charge in [0.05, 0.1) is 5.92 Å². The Morgan fingerprint density at radius 2 is 2.04 bits per heavy atom. The minimum Gasteiger partial charge on any atom is -0.327 e. The maximum Gasteiger partial charge on any atom is 0.231 e. The Labute approximate surface area is 149 Å². The summed E-state index contributed by atoms with van der Waals surface area (Å²) >= 11 is 3.06. The second kappa shape index (κ2) is 6.82. The number of nitrogens with two attached hydrogens (primary N) is 1. The first kappa shape index (κ1) is 16.1. The van der Waals surface area contributed by atoms with Gasteiger partial charge in [-0.2, -0.15) is 0 Å². The van der Waals surface area contributed by atoms with Crippen molar-refractivity contribution in [1.29, 1.82) is 0 Å². The SMILES string of the molecule is NC1C2CCC(C2)C1C(=O)Nc1nnc(SCc2ccccc2)s1. The third kappa shape index (κ3) is 3.20. The summed E-state index contributed by atoms with van der Waals surface area (Å²) in [5.74, 6) is 1.78. The molecule has 4 unspecified atom stereocenters. The number of aromatic nitrogens is 2. The second-order valence-corrected chi connectivity index (χ2v) is 8.77. The van der Waals surface area contributed by atoms with Gasteiger partial charge in [0.2, 0.25) is 11.0 Å². The van der Waals surface area contributed by atoms with Crippen LogP contribution >= 0.6 is 23.1 Å². The molecule has 2 fully saturated rings. The molecule has 2 aliphatic carbocycles. The van der Waals surface area contributed by atoms with Crippen LogP contribution in [-0.4, -0.2) is 22.1 Å². The molecule has 4 rings (SSSR count). The molecule has 2 saturated carbocycles. The van der Waals surface area contributed by atoms with E-state index in [9.17, 15) is 4.79 Å². The summed E-state index contributed by atoms with van der Waals surface area (Å²) in [6.07, 6.45) is 3.41. The molecular weight excluding hydrogens is 340 g/mol. The predicted molar refractivity (Wildman–Crippen MR) is 96.8 cm³/mol. The molecule has 1 aromatic heterocycles. The molecule has 2 aromatic rings. The van der Waals surface area contributed by atoms with Gasteiger partial charge in [-0.25, -0.2) is 0 Å². The van der Waals surface area contributed by atoms with Crippen LogP contribution in [0, 0.1) is 17.8 Å². The van der Waals surface area contributed by atoms with Crippen molar-refractivity contribution < 1.29 is 4.79 Å². The van der Waals surface area contributed by atoms with Crippen LogP contribution in [0.4, 0.5) is 5.13 Å². The number of rotatable bonds is 5. The highest BCUT2D eigenvalue weighted by atomic mass is 32.2. The largest absolute Gasteiger partial charge is 0.327 e. The minimum absolute atomic E-state index is 0.00333. The minimum atomic E-state index is -0.0620. The van der Waals surface area contributed by atoms with E-state index in [4.69, 9.17) is 5.73 Å². The van der Waals surface area contributed by atoms with Crippen LogP contribution in [0.1, 0.15) is 24.8 Å². The van der Waals surface area contributed by atoms with Crippen molar-refractivity contribution in [2.45, 2.75) is 35.4 Å². The van der Waals surface area contributed by atoms with Crippen LogP contribution in [0.5, 0.6) is 0 Å². The lowest BCUT2D eigenvalue weighted by Crippen LogP contribution is -2.42. The first-order valence-corrected chi connectivity index (χ1v) is 10.1. The Bertz CT molecular complexity index is 718. The lowest BCUT2D eigenvalue weighted by molar-refractivity contribution is -0.121. The van der Waals surface area contributed by atoms with E-state index in [-0.39, 0.29) is 17.9 Å². The van der Waals surface area contributed by atoms with Gasteiger partial charge in [-0.3, -0.25) is 4.79 Å². The lowest BCUT2D eigenvalue weighted by Gasteiger charge is -2.26. The van der Waals surface area contributed by atoms with E-state index in [0.717, 1.165) is 22.9 Å². The van der Waals surface area contributed by atoms with Gasteiger partial charge in [-0.1, -0.05) is 53.4 Å². The van der Waals surface area contributed by atoms with E-state index in [1.165, 1.54) is 23.3 Å². The Balaban J connectivity index is 1.34. The Morgan fingerprint density at radius 3 is 2.79 bits per heavy atom. The van der Waals surface area contributed by atoms with Gasteiger partial charge in [-0.05, 0) is 36.7 Å². The molecule has 0 spiro atoms. The number of carbonyl (C=O) groups excluding carboxylic acids is 1. The van der Waals surface area contributed by atoms with Gasteiger partial charge >= 0.3 is 0 Å². The van der Waals surface area contributed by atoms with E-state index in [1.54, 1.807) is 11.8 Å². The van der Waals surface area contributed by atoms with Crippen molar-refractivity contribution in [3.63, 3.8) is 0 Å². The molecule has 3 N–H and O–H groups in total. The smallest absolute Gasteiger partial charge is 0.231 e. The summed E-state index contributed by atoms with van der Waals surface area (Å²) in [7, 11) is 0. The number of thioether (sulfide) groups is 1. The molecule has 7 heteroatoms. The van der Waals surface area contributed by atoms with Gasteiger partial charge in [0.25, 0.3) is 0 Å². The molecule has 1 amide bonds. The molecule has 4 atom stereocenters. The van der Waals surface area contributed by atoms with E-state index in [1.807, 2.05) is 18.2 Å². The van der Waals surface area contributed by atoms with Crippen molar-refractivity contribution >= 4 is 34.1 Å². The van der Waals surface area contributed by atoms with Crippen LogP contribution < -0.4 is 11.1 Å². The number of anilines is 1. The number of carbonyl (C=O) groups is 1. The van der Waals surface area contributed by atoms with Crippen LogP contribution in [0.25, 0.3) is 0 Å². The van der Waals surface area contributed by atoms with Crippen LogP contribution in [0.3, 0.4) is 0 Å². The molecule has 2 bridgehead atoms. The standard InChI is InChI=1S/C17H20N4OS2/c18-14-12-7-6-11(8-12)13(14)15(22)19-16-20-21-17(24-16)23-9-10-4-2-1-3-5-10/h1-5,11-14H,6-9,18H2,(H,19,20,22). The molecule has 1 aromatic carbocycles. The Hall–Kier alpha value is -1.44. The molecule has 0 radical (unpaired) electrons. The summed E-state index contributed by atoms with van der Waals surface area (Å²) in [6.45, 7) is 0. The van der Waals surface area contributed by atoms with E-state index in [2.05, 4.69) is 27.6 Å². The zero-order chi connectivity index (χ0) is 16.5. The van der Waals surface area contributed by atoms with Crippen molar-refractivity contribution in [3.8, 4) is 0 Å². The Kier molecular flexibility index (Phi) is 4.56. The average molecular weight is 361 g/mol. The third-order valence-corrected chi connectivity index (χ3v) is 7.17. The summed E-state index contributed by atoms with van der Waals surface area (Å²) in [6, 6.07) is 10.2.